The lowest BCUT2D eigenvalue weighted by Gasteiger charge is -2.62. The molecule has 26 heteroatoms. The zero-order valence-corrected chi connectivity index (χ0v) is 65.0. The maximum Gasteiger partial charge on any atom is 0.494 e. The summed E-state index contributed by atoms with van der Waals surface area (Å²) in [6.07, 6.45) is 1.22. The molecule has 5 saturated heterocycles. The number of benzene rings is 4. The van der Waals surface area contributed by atoms with Gasteiger partial charge in [0.2, 0.25) is 11.8 Å². The quantitative estimate of drug-likeness (QED) is 0.0307. The number of aliphatic hydroxyl groups excluding tert-OH is 4. The molecule has 0 radical (unpaired) electrons. The van der Waals surface area contributed by atoms with Crippen LogP contribution in [0.3, 0.4) is 0 Å². The number of carboxylic acids is 2. The molecule has 6 saturated carbocycles. The summed E-state index contributed by atoms with van der Waals surface area (Å²) in [5, 5.41) is 70.8. The van der Waals surface area contributed by atoms with Crippen molar-refractivity contribution in [2.45, 2.75) is 182 Å². The van der Waals surface area contributed by atoms with Crippen LogP contribution >= 0.6 is 22.6 Å². The molecule has 104 heavy (non-hydrogen) atoms. The third kappa shape index (κ3) is 16.1. The van der Waals surface area contributed by atoms with Gasteiger partial charge in [-0.25, -0.2) is 9.59 Å². The Bertz CT molecular complexity index is 3700. The number of morpholine rings is 2. The molecule has 0 spiro atoms. The molecule has 1 unspecified atom stereocenters. The standard InChI is InChI=1S/C36H49N3O8.C25H37IN2O5.C17H24BNO5/c1-20-28-16-25(36(28,3)4)17-29(20)37-34(42)32-31(21(2)41)30(19-40)47-39(32)18-22-7-6-8-27(33(22)45-5)23-13-24(35(43)44)15-26(14-23)38-9-11-46-12-10-38;1-13-17-9-16(25(17,3)4)10-19(13)27-24(31)22-21(14(2)30)20(12-29)33-28(22)11-15-7-6-8-18(26)23(15)32-5;1-16(2)17(3,4)24-18(23-16)13-9-12(15(20)21)10-14(11-13)19-5-7-22-8-6-19/h6-8,13-15,20-21,25,28-32,40-41H,9-12,16-19H2,1-5H3,(H,37,42)(H,43,44);6-8,13-14,16-17,19-22,29-30H,9-12H2,1-5H3,(H,27,31);9-11H,5-8H2,1-4H3,(H,20,21)/t20-,21-,25+,28?,29-,30-,31+,32-;13-,14-,16+,17-,19-,20-,21+,22-;/m00./s1. The van der Waals surface area contributed by atoms with Crippen LogP contribution in [0.5, 0.6) is 11.5 Å². The summed E-state index contributed by atoms with van der Waals surface area (Å²) in [6.45, 7) is 30.1. The predicted octanol–water partition coefficient (Wildman–Crippen LogP) is 8.04. The number of aliphatic hydroxyl groups is 4. The van der Waals surface area contributed by atoms with Crippen molar-refractivity contribution in [2.24, 2.45) is 58.2 Å². The highest BCUT2D eigenvalue weighted by Crippen LogP contribution is 2.62. The Morgan fingerprint density at radius 3 is 1.42 bits per heavy atom. The lowest BCUT2D eigenvalue weighted by Crippen LogP contribution is -2.62. The third-order valence-electron chi connectivity index (χ3n) is 25.3. The first-order valence-electron chi connectivity index (χ1n) is 37.0. The molecule has 4 aromatic carbocycles. The fourth-order valence-corrected chi connectivity index (χ4v) is 18.9. The molecule has 5 aliphatic heterocycles. The fraction of sp³-hybridized carbons (Fsp3) is 0.641. The highest BCUT2D eigenvalue weighted by Gasteiger charge is 2.60. The van der Waals surface area contributed by atoms with E-state index < -0.39 is 78.6 Å². The minimum atomic E-state index is -1.02. The number of anilines is 2. The summed E-state index contributed by atoms with van der Waals surface area (Å²) >= 11 is 2.22. The Kier molecular flexibility index (Phi) is 24.6. The molecule has 6 aliphatic carbocycles. The summed E-state index contributed by atoms with van der Waals surface area (Å²) in [5.41, 5.74) is 5.48. The molecule has 11 fully saturated rings. The Labute approximate surface area is 626 Å². The summed E-state index contributed by atoms with van der Waals surface area (Å²) in [4.78, 5) is 68.0. The summed E-state index contributed by atoms with van der Waals surface area (Å²) in [6, 6.07) is 20.6. The van der Waals surface area contributed by atoms with E-state index in [2.05, 4.69) is 84.6 Å². The lowest BCUT2D eigenvalue weighted by atomic mass is 9.45. The number of nitrogens with one attached hydrogen (secondary N) is 2. The molecule has 8 N–H and O–H groups in total. The van der Waals surface area contributed by atoms with Crippen molar-refractivity contribution in [3.8, 4) is 22.6 Å². The van der Waals surface area contributed by atoms with Gasteiger partial charge >= 0.3 is 19.1 Å². The van der Waals surface area contributed by atoms with Crippen LogP contribution in [0.15, 0.2) is 72.8 Å². The maximum absolute atomic E-state index is 14.1. The Morgan fingerprint density at radius 2 is 1.02 bits per heavy atom. The minimum Gasteiger partial charge on any atom is -0.496 e. The second-order valence-corrected chi connectivity index (χ2v) is 33.5. The van der Waals surface area contributed by atoms with Gasteiger partial charge in [-0.3, -0.25) is 19.3 Å². The number of fused-ring (bicyclic) bond motifs is 4. The van der Waals surface area contributed by atoms with E-state index in [1.165, 1.54) is 12.8 Å². The Hall–Kier alpha value is -5.73. The zero-order chi connectivity index (χ0) is 75.2. The van der Waals surface area contributed by atoms with Gasteiger partial charge in [-0.1, -0.05) is 71.9 Å². The number of rotatable bonds is 20. The minimum absolute atomic E-state index is 0.0315. The number of carbonyl (C=O) groups excluding carboxylic acids is 2. The van der Waals surface area contributed by atoms with Crippen molar-refractivity contribution in [1.29, 1.82) is 0 Å². The molecular weight excluding hydrogens is 1450 g/mol. The van der Waals surface area contributed by atoms with E-state index in [9.17, 15) is 49.8 Å². The third-order valence-corrected chi connectivity index (χ3v) is 26.1. The number of halogens is 1. The number of nitrogens with zero attached hydrogens (tertiary/aromatic N) is 4. The van der Waals surface area contributed by atoms with Crippen LogP contribution < -0.4 is 35.4 Å². The highest BCUT2D eigenvalue weighted by molar-refractivity contribution is 14.1. The van der Waals surface area contributed by atoms with Crippen molar-refractivity contribution < 1.29 is 87.7 Å². The molecule has 16 atom stereocenters. The van der Waals surface area contributed by atoms with Crippen LogP contribution in [0.1, 0.15) is 141 Å². The van der Waals surface area contributed by atoms with Gasteiger partial charge in [0.1, 0.15) is 35.8 Å². The average molecular weight is 1560 g/mol. The van der Waals surface area contributed by atoms with E-state index >= 15 is 0 Å². The number of ether oxygens (including phenoxy) is 4. The van der Waals surface area contributed by atoms with Crippen LogP contribution in [0.25, 0.3) is 11.1 Å². The number of hydrogen-bond acceptors (Lipinski definition) is 20. The highest BCUT2D eigenvalue weighted by atomic mass is 127. The van der Waals surface area contributed by atoms with Crippen LogP contribution in [-0.4, -0.2) is 211 Å². The van der Waals surface area contributed by atoms with Crippen LogP contribution in [0.2, 0.25) is 0 Å². The van der Waals surface area contributed by atoms with E-state index in [0.29, 0.717) is 109 Å². The number of para-hydroxylation sites is 2. The number of carbonyl (C=O) groups is 4. The molecular formula is C78H110BIN6O18. The largest absolute Gasteiger partial charge is 0.496 e. The molecule has 24 nitrogen and oxygen atoms in total. The average Bonchev–Trinajstić information content (AvgIpc) is 1.70. The van der Waals surface area contributed by atoms with Gasteiger partial charge in [0, 0.05) is 78.2 Å². The van der Waals surface area contributed by atoms with Gasteiger partial charge in [0.25, 0.3) is 0 Å². The zero-order valence-electron chi connectivity index (χ0n) is 62.8. The van der Waals surface area contributed by atoms with E-state index in [0.717, 1.165) is 57.7 Å². The SMILES string of the molecule is CC1(C)OB(c2cc(C(=O)O)cc(N3CCOCC3)c2)OC1(C)C.COc1c(CN2O[C@@H](CO)[C@@H]([C@H](C)O)[C@H]2C(=O)N[C@H]2C[C@H]3CC([C@@H]2C)C3(C)C)cccc1-c1cc(C(=O)O)cc(N2CCOCC2)c1.COc1c(I)cccc1CN1O[C@@H](CO)[C@@H]([C@H](C)O)[C@H]1C(=O)N[C@H]1C[C@H]2C[C@@H]([C@@H]1C)C2(C)C. The summed E-state index contributed by atoms with van der Waals surface area (Å²) in [7, 11) is 2.62. The van der Waals surface area contributed by atoms with Crippen LogP contribution in [0.4, 0.5) is 11.4 Å². The van der Waals surface area contributed by atoms with Gasteiger partial charge in [-0.15, -0.1) is 0 Å². The van der Waals surface area contributed by atoms with Gasteiger partial charge < -0.3 is 79.3 Å². The number of carboxylic acid groups (broad SMARTS) is 2. The van der Waals surface area contributed by atoms with Gasteiger partial charge in [0.15, 0.2) is 0 Å². The number of hydroxylamine groups is 4. The molecule has 4 bridgehead atoms. The second kappa shape index (κ2) is 32.2. The summed E-state index contributed by atoms with van der Waals surface area (Å²) in [5.74, 6) is 0.836. The molecule has 5 heterocycles. The lowest BCUT2D eigenvalue weighted by molar-refractivity contribution is -0.183. The van der Waals surface area contributed by atoms with Gasteiger partial charge in [-0.2, -0.15) is 10.1 Å². The summed E-state index contributed by atoms with van der Waals surface area (Å²) < 4.78 is 35.5. The number of amides is 2. The van der Waals surface area contributed by atoms with Gasteiger partial charge in [0.05, 0.1) is 105 Å². The molecule has 0 aromatic heterocycles. The molecule has 2 amide bonds. The van der Waals surface area contributed by atoms with E-state index in [1.54, 1.807) is 62.5 Å². The molecule has 4 aromatic rings. The molecule has 15 rings (SSSR count). The van der Waals surface area contributed by atoms with Crippen molar-refractivity contribution >= 4 is 70.3 Å². The van der Waals surface area contributed by atoms with Crippen LogP contribution in [-0.2, 0) is 51.1 Å². The first-order chi connectivity index (χ1) is 49.2. The van der Waals surface area contributed by atoms with E-state index in [1.807, 2.05) is 76.2 Å². The Morgan fingerprint density at radius 1 is 0.596 bits per heavy atom. The van der Waals surface area contributed by atoms with E-state index in [4.69, 9.17) is 37.9 Å². The van der Waals surface area contributed by atoms with E-state index in [-0.39, 0.29) is 60.2 Å². The first-order valence-corrected chi connectivity index (χ1v) is 38.1. The number of hydrogen-bond donors (Lipinski definition) is 8. The first kappa shape index (κ1) is 79.3. The van der Waals surface area contributed by atoms with Crippen molar-refractivity contribution in [2.75, 3.05) is 89.8 Å². The monoisotopic (exact) mass is 1560 g/mol. The maximum atomic E-state index is 14.1. The topological polar surface area (TPSA) is 301 Å². The molecule has 11 aliphatic rings. The normalized spacial score (nSPS) is 30.6. The smallest absolute Gasteiger partial charge is 0.494 e. The van der Waals surface area contributed by atoms with Crippen molar-refractivity contribution in [3.63, 3.8) is 0 Å². The van der Waals surface area contributed by atoms with Crippen LogP contribution in [0, 0.1) is 61.7 Å². The van der Waals surface area contributed by atoms with Crippen molar-refractivity contribution in [1.82, 2.24) is 20.8 Å². The number of methoxy groups -OCH3 is 2. The van der Waals surface area contributed by atoms with Gasteiger partial charge in [-0.05, 0) is 190 Å². The van der Waals surface area contributed by atoms with Crippen molar-refractivity contribution in [3.05, 3.63) is 98.6 Å². The molecule has 570 valence electrons. The predicted molar refractivity (Wildman–Crippen MR) is 401 cm³/mol. The number of aromatic carboxylic acids is 2. The fourth-order valence-electron chi connectivity index (χ4n) is 18.2. The second-order valence-electron chi connectivity index (χ2n) is 32.4. The Balaban J connectivity index is 0.000000166.